The summed E-state index contributed by atoms with van der Waals surface area (Å²) in [6.07, 6.45) is 0.983. The Labute approximate surface area is 144 Å². The highest BCUT2D eigenvalue weighted by Gasteiger charge is 2.25. The summed E-state index contributed by atoms with van der Waals surface area (Å²) in [5, 5.41) is 7.58. The molecule has 8 heteroatoms. The van der Waals surface area contributed by atoms with Crippen molar-refractivity contribution in [3.05, 3.63) is 20.1 Å². The zero-order valence-corrected chi connectivity index (χ0v) is 15.6. The standard InChI is InChI=1S/C13H16Br2N4OS/c1-2-9(19-5-3-16-4-6-19)12-17-13(20-18-12)10-7-8(14)11(15)21-10/h7,9,16H,2-6H2,1H3. The first-order chi connectivity index (χ1) is 10.2. The van der Waals surface area contributed by atoms with E-state index in [-0.39, 0.29) is 6.04 Å². The number of hydrogen-bond acceptors (Lipinski definition) is 6. The molecule has 2 aromatic heterocycles. The summed E-state index contributed by atoms with van der Waals surface area (Å²) in [6, 6.07) is 2.23. The summed E-state index contributed by atoms with van der Waals surface area (Å²) < 4.78 is 7.50. The number of halogens is 2. The fourth-order valence-electron chi connectivity index (χ4n) is 2.52. The lowest BCUT2D eigenvalue weighted by atomic mass is 10.1. The van der Waals surface area contributed by atoms with Gasteiger partial charge < -0.3 is 9.84 Å². The summed E-state index contributed by atoms with van der Waals surface area (Å²) in [4.78, 5) is 8.01. The molecule has 1 fully saturated rings. The topological polar surface area (TPSA) is 54.2 Å². The molecule has 0 radical (unpaired) electrons. The predicted molar refractivity (Wildman–Crippen MR) is 90.5 cm³/mol. The number of piperazine rings is 1. The molecule has 3 rings (SSSR count). The summed E-state index contributed by atoms with van der Waals surface area (Å²) in [6.45, 7) is 6.26. The summed E-state index contributed by atoms with van der Waals surface area (Å²) in [5.41, 5.74) is 0. The Morgan fingerprint density at radius 1 is 1.43 bits per heavy atom. The van der Waals surface area contributed by atoms with Crippen LogP contribution in [-0.2, 0) is 0 Å². The van der Waals surface area contributed by atoms with Crippen LogP contribution in [0.1, 0.15) is 25.2 Å². The van der Waals surface area contributed by atoms with Crippen molar-refractivity contribution < 1.29 is 4.52 Å². The van der Waals surface area contributed by atoms with Gasteiger partial charge in [0.25, 0.3) is 5.89 Å². The monoisotopic (exact) mass is 434 g/mol. The molecular weight excluding hydrogens is 420 g/mol. The Balaban J connectivity index is 1.82. The maximum absolute atomic E-state index is 5.46. The molecule has 0 aromatic carbocycles. The Bertz CT molecular complexity index is 590. The van der Waals surface area contributed by atoms with Crippen LogP contribution in [0.4, 0.5) is 0 Å². The van der Waals surface area contributed by atoms with Crippen LogP contribution in [0.5, 0.6) is 0 Å². The van der Waals surface area contributed by atoms with Crippen LogP contribution in [-0.4, -0.2) is 41.2 Å². The van der Waals surface area contributed by atoms with Gasteiger partial charge in [0.15, 0.2) is 5.82 Å². The third-order valence-corrected chi connectivity index (χ3v) is 6.82. The minimum Gasteiger partial charge on any atom is -0.333 e. The number of aromatic nitrogens is 2. The van der Waals surface area contributed by atoms with E-state index in [1.54, 1.807) is 11.3 Å². The molecule has 5 nitrogen and oxygen atoms in total. The van der Waals surface area contributed by atoms with Crippen molar-refractivity contribution in [2.45, 2.75) is 19.4 Å². The van der Waals surface area contributed by atoms with Crippen LogP contribution in [0.25, 0.3) is 10.8 Å². The summed E-state index contributed by atoms with van der Waals surface area (Å²) in [5.74, 6) is 1.38. The highest BCUT2D eigenvalue weighted by molar-refractivity contribution is 9.13. The second-order valence-electron chi connectivity index (χ2n) is 4.90. The molecule has 1 aliphatic rings. The number of rotatable bonds is 4. The number of nitrogens with zero attached hydrogens (tertiary/aromatic N) is 3. The molecule has 114 valence electrons. The van der Waals surface area contributed by atoms with Crippen LogP contribution in [0.3, 0.4) is 0 Å². The SMILES string of the molecule is CCC(c1noc(-c2cc(Br)c(Br)s2)n1)N1CCNCC1. The third-order valence-electron chi connectivity index (χ3n) is 3.57. The first kappa shape index (κ1) is 15.6. The smallest absolute Gasteiger partial charge is 0.268 e. The number of thiophene rings is 1. The maximum atomic E-state index is 5.46. The third kappa shape index (κ3) is 3.39. The summed E-state index contributed by atoms with van der Waals surface area (Å²) >= 11 is 8.56. The van der Waals surface area contributed by atoms with Crippen molar-refractivity contribution in [2.24, 2.45) is 0 Å². The van der Waals surface area contributed by atoms with Crippen molar-refractivity contribution in [2.75, 3.05) is 26.2 Å². The van der Waals surface area contributed by atoms with E-state index in [0.29, 0.717) is 5.89 Å². The molecular formula is C13H16Br2N4OS. The minimum atomic E-state index is 0.233. The Hall–Kier alpha value is -0.280. The van der Waals surface area contributed by atoms with Gasteiger partial charge in [-0.05, 0) is 44.3 Å². The maximum Gasteiger partial charge on any atom is 0.268 e. The van der Waals surface area contributed by atoms with E-state index in [4.69, 9.17) is 4.52 Å². The van der Waals surface area contributed by atoms with Gasteiger partial charge in [0, 0.05) is 30.7 Å². The minimum absolute atomic E-state index is 0.233. The van der Waals surface area contributed by atoms with E-state index in [9.17, 15) is 0 Å². The second kappa shape index (κ2) is 6.87. The summed E-state index contributed by atoms with van der Waals surface area (Å²) in [7, 11) is 0. The molecule has 0 aliphatic carbocycles. The largest absolute Gasteiger partial charge is 0.333 e. The molecule has 2 aromatic rings. The average Bonchev–Trinajstić information content (AvgIpc) is 3.09. The van der Waals surface area contributed by atoms with E-state index in [1.807, 2.05) is 6.07 Å². The zero-order valence-electron chi connectivity index (χ0n) is 11.6. The first-order valence-electron chi connectivity index (χ1n) is 6.92. The molecule has 0 spiro atoms. The van der Waals surface area contributed by atoms with Crippen LogP contribution < -0.4 is 5.32 Å². The van der Waals surface area contributed by atoms with Crippen LogP contribution >= 0.6 is 43.2 Å². The van der Waals surface area contributed by atoms with Gasteiger partial charge in [-0.15, -0.1) is 11.3 Å². The zero-order chi connectivity index (χ0) is 14.8. The van der Waals surface area contributed by atoms with Gasteiger partial charge in [0.1, 0.15) is 0 Å². The van der Waals surface area contributed by atoms with Gasteiger partial charge >= 0.3 is 0 Å². The first-order valence-corrected chi connectivity index (χ1v) is 9.33. The van der Waals surface area contributed by atoms with Gasteiger partial charge in [0.05, 0.1) is 14.7 Å². The highest BCUT2D eigenvalue weighted by atomic mass is 79.9. The predicted octanol–water partition coefficient (Wildman–Crippen LogP) is 3.68. The van der Waals surface area contributed by atoms with Gasteiger partial charge in [0.2, 0.25) is 0 Å². The van der Waals surface area contributed by atoms with E-state index in [2.05, 4.69) is 59.1 Å². The van der Waals surface area contributed by atoms with Crippen molar-refractivity contribution in [3.8, 4) is 10.8 Å². The Morgan fingerprint density at radius 3 is 2.81 bits per heavy atom. The van der Waals surface area contributed by atoms with Gasteiger partial charge in [-0.2, -0.15) is 4.98 Å². The number of hydrogen-bond donors (Lipinski definition) is 1. The van der Waals surface area contributed by atoms with Crippen molar-refractivity contribution in [1.82, 2.24) is 20.4 Å². The number of nitrogens with one attached hydrogen (secondary N) is 1. The van der Waals surface area contributed by atoms with Crippen LogP contribution in [0.15, 0.2) is 18.8 Å². The van der Waals surface area contributed by atoms with Gasteiger partial charge in [-0.3, -0.25) is 4.90 Å². The molecule has 1 atom stereocenters. The lowest BCUT2D eigenvalue weighted by Gasteiger charge is -2.32. The van der Waals surface area contributed by atoms with Crippen molar-refractivity contribution in [1.29, 1.82) is 0 Å². The van der Waals surface area contributed by atoms with E-state index in [0.717, 1.165) is 51.6 Å². The van der Waals surface area contributed by atoms with E-state index in [1.165, 1.54) is 0 Å². The van der Waals surface area contributed by atoms with Gasteiger partial charge in [-0.1, -0.05) is 12.1 Å². The van der Waals surface area contributed by atoms with E-state index >= 15 is 0 Å². The van der Waals surface area contributed by atoms with Crippen molar-refractivity contribution >= 4 is 43.2 Å². The molecule has 0 bridgehead atoms. The molecule has 0 saturated carbocycles. The molecule has 21 heavy (non-hydrogen) atoms. The Morgan fingerprint density at radius 2 is 2.19 bits per heavy atom. The fourth-order valence-corrected chi connectivity index (χ4v) is 4.48. The molecule has 0 amide bonds. The van der Waals surface area contributed by atoms with Gasteiger partial charge in [-0.25, -0.2) is 0 Å². The molecule has 1 unspecified atom stereocenters. The Kier molecular flexibility index (Phi) is 5.11. The van der Waals surface area contributed by atoms with Crippen LogP contribution in [0.2, 0.25) is 0 Å². The highest BCUT2D eigenvalue weighted by Crippen LogP contribution is 2.38. The molecule has 3 heterocycles. The molecule has 1 N–H and O–H groups in total. The van der Waals surface area contributed by atoms with E-state index < -0.39 is 0 Å². The lowest BCUT2D eigenvalue weighted by molar-refractivity contribution is 0.160. The second-order valence-corrected chi connectivity index (χ2v) is 8.12. The fraction of sp³-hybridized carbons (Fsp3) is 0.538. The van der Waals surface area contributed by atoms with Crippen molar-refractivity contribution in [3.63, 3.8) is 0 Å². The quantitative estimate of drug-likeness (QED) is 0.793. The molecule has 1 saturated heterocycles. The normalized spacial score (nSPS) is 18.0. The average molecular weight is 436 g/mol. The molecule has 1 aliphatic heterocycles. The van der Waals surface area contributed by atoms with Crippen LogP contribution in [0, 0.1) is 0 Å². The lowest BCUT2D eigenvalue weighted by Crippen LogP contribution is -2.45.